The topological polar surface area (TPSA) is 73.3 Å². The molecule has 0 bridgehead atoms. The van der Waals surface area contributed by atoms with Gasteiger partial charge in [0.15, 0.2) is 5.52 Å². The minimum Gasteiger partial charge on any atom is -0.390 e. The van der Waals surface area contributed by atoms with E-state index in [2.05, 4.69) is 9.97 Å². The monoisotopic (exact) mass is 214 g/mol. The largest absolute Gasteiger partial charge is 0.441 e. The molecule has 0 aliphatic heterocycles. The standard InChI is InChI=1S/C10H6N4O2/c15-14(16)10-12-8-4-2-1-3-7(8)9-11-5-6-13(9)10/h1-6H. The number of rotatable bonds is 1. The molecule has 6 nitrogen and oxygen atoms in total. The molecule has 0 N–H and O–H groups in total. The first kappa shape index (κ1) is 8.78. The molecule has 0 spiro atoms. The highest BCUT2D eigenvalue weighted by atomic mass is 16.6. The molecule has 2 aromatic heterocycles. The molecule has 0 aliphatic rings. The molecule has 0 saturated carbocycles. The number of fused-ring (bicyclic) bond motifs is 3. The Balaban J connectivity index is 2.58. The lowest BCUT2D eigenvalue weighted by Crippen LogP contribution is -2.01. The SMILES string of the molecule is O=[N+]([O-])c1nc2ccccc2c2nccn12. The number of nitro groups is 1. The molecule has 0 saturated heterocycles. The van der Waals surface area contributed by atoms with Gasteiger partial charge in [0.2, 0.25) is 5.65 Å². The van der Waals surface area contributed by atoms with Crippen molar-refractivity contribution in [3.05, 3.63) is 46.8 Å². The first-order valence-corrected chi connectivity index (χ1v) is 4.63. The number of benzene rings is 1. The van der Waals surface area contributed by atoms with E-state index in [9.17, 15) is 10.1 Å². The van der Waals surface area contributed by atoms with Crippen molar-refractivity contribution < 1.29 is 4.92 Å². The fraction of sp³-hybridized carbons (Fsp3) is 0. The maximum absolute atomic E-state index is 10.9. The van der Waals surface area contributed by atoms with E-state index in [0.717, 1.165) is 5.39 Å². The molecule has 0 fully saturated rings. The van der Waals surface area contributed by atoms with Gasteiger partial charge in [0, 0.05) is 0 Å². The summed E-state index contributed by atoms with van der Waals surface area (Å²) in [6.07, 6.45) is 3.06. The number of imidazole rings is 1. The van der Waals surface area contributed by atoms with Crippen LogP contribution in [0.4, 0.5) is 5.95 Å². The van der Waals surface area contributed by atoms with E-state index in [4.69, 9.17) is 0 Å². The maximum atomic E-state index is 10.9. The molecule has 78 valence electrons. The zero-order valence-electron chi connectivity index (χ0n) is 8.07. The van der Waals surface area contributed by atoms with Crippen molar-refractivity contribution in [1.82, 2.24) is 14.4 Å². The lowest BCUT2D eigenvalue weighted by atomic mass is 10.2. The molecule has 2 heterocycles. The van der Waals surface area contributed by atoms with Gasteiger partial charge in [-0.2, -0.15) is 4.40 Å². The second-order valence-electron chi connectivity index (χ2n) is 3.31. The van der Waals surface area contributed by atoms with Crippen LogP contribution < -0.4 is 0 Å². The summed E-state index contributed by atoms with van der Waals surface area (Å²) in [5, 5.41) is 11.7. The van der Waals surface area contributed by atoms with Gasteiger partial charge in [0.05, 0.1) is 17.8 Å². The smallest absolute Gasteiger partial charge is 0.390 e. The summed E-state index contributed by atoms with van der Waals surface area (Å²) in [5.74, 6) is -0.216. The molecule has 1 aromatic carbocycles. The highest BCUT2D eigenvalue weighted by Crippen LogP contribution is 2.21. The number of hydrogen-bond acceptors (Lipinski definition) is 4. The molecule has 0 unspecified atom stereocenters. The van der Waals surface area contributed by atoms with Gasteiger partial charge in [-0.25, -0.2) is 4.98 Å². The molecule has 0 amide bonds. The minimum atomic E-state index is -0.513. The Hall–Kier alpha value is -2.50. The van der Waals surface area contributed by atoms with Crippen LogP contribution in [0.5, 0.6) is 0 Å². The van der Waals surface area contributed by atoms with Crippen molar-refractivity contribution >= 4 is 22.5 Å². The van der Waals surface area contributed by atoms with Crippen molar-refractivity contribution in [2.45, 2.75) is 0 Å². The van der Waals surface area contributed by atoms with E-state index >= 15 is 0 Å². The molecule has 0 radical (unpaired) electrons. The Morgan fingerprint density at radius 2 is 2.12 bits per heavy atom. The minimum absolute atomic E-state index is 0.216. The zero-order chi connectivity index (χ0) is 11.1. The highest BCUT2D eigenvalue weighted by molar-refractivity contribution is 5.91. The van der Waals surface area contributed by atoms with E-state index < -0.39 is 4.92 Å². The summed E-state index contributed by atoms with van der Waals surface area (Å²) in [7, 11) is 0. The number of aromatic nitrogens is 3. The van der Waals surface area contributed by atoms with Crippen molar-refractivity contribution in [2.75, 3.05) is 0 Å². The van der Waals surface area contributed by atoms with Gasteiger partial charge >= 0.3 is 5.95 Å². The van der Waals surface area contributed by atoms with Crippen LogP contribution in [0.25, 0.3) is 16.6 Å². The van der Waals surface area contributed by atoms with Gasteiger partial charge in [0.1, 0.15) is 0 Å². The Kier molecular flexibility index (Phi) is 1.64. The average Bonchev–Trinajstić information content (AvgIpc) is 2.76. The van der Waals surface area contributed by atoms with Gasteiger partial charge in [-0.05, 0) is 17.1 Å². The highest BCUT2D eigenvalue weighted by Gasteiger charge is 2.17. The average molecular weight is 214 g/mol. The second-order valence-corrected chi connectivity index (χ2v) is 3.31. The molecule has 3 rings (SSSR count). The first-order valence-electron chi connectivity index (χ1n) is 4.63. The third-order valence-electron chi connectivity index (χ3n) is 2.38. The predicted octanol–water partition coefficient (Wildman–Crippen LogP) is 1.79. The third-order valence-corrected chi connectivity index (χ3v) is 2.38. The normalized spacial score (nSPS) is 11.0. The number of para-hydroxylation sites is 1. The van der Waals surface area contributed by atoms with E-state index in [1.54, 1.807) is 12.1 Å². The summed E-state index contributed by atoms with van der Waals surface area (Å²) in [4.78, 5) is 18.4. The Morgan fingerprint density at radius 1 is 1.31 bits per heavy atom. The summed E-state index contributed by atoms with van der Waals surface area (Å²) < 4.78 is 1.38. The first-order chi connectivity index (χ1) is 7.77. The summed E-state index contributed by atoms with van der Waals surface area (Å²) >= 11 is 0. The van der Waals surface area contributed by atoms with Crippen LogP contribution in [-0.4, -0.2) is 19.3 Å². The van der Waals surface area contributed by atoms with E-state index in [-0.39, 0.29) is 5.95 Å². The third kappa shape index (κ3) is 1.07. The summed E-state index contributed by atoms with van der Waals surface area (Å²) in [6, 6.07) is 7.22. The number of nitrogens with zero attached hydrogens (tertiary/aromatic N) is 4. The van der Waals surface area contributed by atoms with Gasteiger partial charge in [0.25, 0.3) is 0 Å². The fourth-order valence-corrected chi connectivity index (χ4v) is 1.71. The van der Waals surface area contributed by atoms with Crippen molar-refractivity contribution in [2.24, 2.45) is 0 Å². The van der Waals surface area contributed by atoms with Crippen LogP contribution in [0, 0.1) is 10.1 Å². The zero-order valence-corrected chi connectivity index (χ0v) is 8.07. The van der Waals surface area contributed by atoms with E-state index in [1.165, 1.54) is 16.8 Å². The second kappa shape index (κ2) is 2.99. The van der Waals surface area contributed by atoms with Gasteiger partial charge in [-0.15, -0.1) is 0 Å². The Labute approximate surface area is 89.3 Å². The molecule has 6 heteroatoms. The molecule has 3 aromatic rings. The van der Waals surface area contributed by atoms with Crippen LogP contribution in [0.3, 0.4) is 0 Å². The van der Waals surface area contributed by atoms with Crippen LogP contribution >= 0.6 is 0 Å². The summed E-state index contributed by atoms with van der Waals surface area (Å²) in [6.45, 7) is 0. The number of hydrogen-bond donors (Lipinski definition) is 0. The van der Waals surface area contributed by atoms with Gasteiger partial charge in [-0.3, -0.25) is 0 Å². The predicted molar refractivity (Wildman–Crippen MR) is 57.1 cm³/mol. The summed E-state index contributed by atoms with van der Waals surface area (Å²) in [5.41, 5.74) is 1.13. The molecule has 0 atom stereocenters. The Bertz CT molecular complexity index is 704. The van der Waals surface area contributed by atoms with E-state index in [1.807, 2.05) is 12.1 Å². The van der Waals surface area contributed by atoms with Crippen molar-refractivity contribution in [3.63, 3.8) is 0 Å². The van der Waals surface area contributed by atoms with Gasteiger partial charge < -0.3 is 10.1 Å². The fourth-order valence-electron chi connectivity index (χ4n) is 1.71. The van der Waals surface area contributed by atoms with Crippen LogP contribution in [0.1, 0.15) is 0 Å². The molecule has 16 heavy (non-hydrogen) atoms. The molecular weight excluding hydrogens is 208 g/mol. The Morgan fingerprint density at radius 3 is 2.94 bits per heavy atom. The van der Waals surface area contributed by atoms with Crippen LogP contribution in [0.15, 0.2) is 36.7 Å². The van der Waals surface area contributed by atoms with Crippen LogP contribution in [-0.2, 0) is 0 Å². The lowest BCUT2D eigenvalue weighted by molar-refractivity contribution is -0.395. The van der Waals surface area contributed by atoms with Crippen molar-refractivity contribution in [3.8, 4) is 0 Å². The quantitative estimate of drug-likeness (QED) is 0.457. The maximum Gasteiger partial charge on any atom is 0.441 e. The van der Waals surface area contributed by atoms with Crippen molar-refractivity contribution in [1.29, 1.82) is 0 Å². The lowest BCUT2D eigenvalue weighted by Gasteiger charge is -1.99. The van der Waals surface area contributed by atoms with E-state index in [0.29, 0.717) is 11.2 Å². The molecular formula is C10H6N4O2. The van der Waals surface area contributed by atoms with Gasteiger partial charge in [-0.1, -0.05) is 17.1 Å². The van der Waals surface area contributed by atoms with Crippen LogP contribution in [0.2, 0.25) is 0 Å². The molecule has 0 aliphatic carbocycles.